The molecule has 1 aromatic heterocycles. The Hall–Kier alpha value is -1.56. The first-order chi connectivity index (χ1) is 9.15. The third-order valence-electron chi connectivity index (χ3n) is 3.50. The Bertz CT molecular complexity index is 419. The summed E-state index contributed by atoms with van der Waals surface area (Å²) >= 11 is 0. The third kappa shape index (κ3) is 4.24. The summed E-state index contributed by atoms with van der Waals surface area (Å²) in [5.74, 6) is 0. The summed E-state index contributed by atoms with van der Waals surface area (Å²) < 4.78 is 1.74. The van der Waals surface area contributed by atoms with Crippen LogP contribution in [0.5, 0.6) is 0 Å². The number of amides is 2. The highest BCUT2D eigenvalue weighted by Gasteiger charge is 2.24. The molecule has 0 spiro atoms. The summed E-state index contributed by atoms with van der Waals surface area (Å²) in [5, 5.41) is 19.5. The van der Waals surface area contributed by atoms with E-state index < -0.39 is 6.10 Å². The van der Waals surface area contributed by atoms with Crippen LogP contribution in [0.15, 0.2) is 12.4 Å². The van der Waals surface area contributed by atoms with Crippen molar-refractivity contribution in [1.82, 2.24) is 20.4 Å². The van der Waals surface area contributed by atoms with Gasteiger partial charge in [0, 0.05) is 19.8 Å². The molecular formula is C13H22N4O2. The van der Waals surface area contributed by atoms with Crippen molar-refractivity contribution in [2.24, 2.45) is 7.05 Å². The summed E-state index contributed by atoms with van der Waals surface area (Å²) in [6, 6.07) is -0.304. The maximum Gasteiger partial charge on any atom is 0.315 e. The molecule has 2 unspecified atom stereocenters. The van der Waals surface area contributed by atoms with Crippen molar-refractivity contribution in [1.29, 1.82) is 0 Å². The number of aromatic nitrogens is 2. The first-order valence-electron chi connectivity index (χ1n) is 6.85. The number of aliphatic hydroxyl groups excluding tert-OH is 1. The standard InChI is InChI=1S/C13H22N4O2/c1-17-9-10(8-15-17)6-7-14-13(19)16-11-4-2-3-5-12(11)18/h8-9,11-12,18H,2-7H2,1H3,(H2,14,16,19). The van der Waals surface area contributed by atoms with Gasteiger partial charge in [-0.3, -0.25) is 4.68 Å². The van der Waals surface area contributed by atoms with E-state index in [9.17, 15) is 9.90 Å². The zero-order valence-electron chi connectivity index (χ0n) is 11.3. The second-order valence-corrected chi connectivity index (χ2v) is 5.13. The number of aliphatic hydroxyl groups is 1. The first-order valence-corrected chi connectivity index (χ1v) is 6.85. The van der Waals surface area contributed by atoms with Gasteiger partial charge in [0.15, 0.2) is 0 Å². The van der Waals surface area contributed by atoms with Gasteiger partial charge in [0.25, 0.3) is 0 Å². The highest BCUT2D eigenvalue weighted by molar-refractivity contribution is 5.74. The summed E-state index contributed by atoms with van der Waals surface area (Å²) in [5.41, 5.74) is 1.10. The Kier molecular flexibility index (Phi) is 4.79. The number of urea groups is 1. The number of nitrogens with one attached hydrogen (secondary N) is 2. The van der Waals surface area contributed by atoms with Crippen LogP contribution in [0.4, 0.5) is 4.79 Å². The van der Waals surface area contributed by atoms with Crippen LogP contribution in [0.2, 0.25) is 0 Å². The zero-order chi connectivity index (χ0) is 13.7. The topological polar surface area (TPSA) is 79.2 Å². The van der Waals surface area contributed by atoms with Crippen molar-refractivity contribution < 1.29 is 9.90 Å². The van der Waals surface area contributed by atoms with Gasteiger partial charge in [-0.25, -0.2) is 4.79 Å². The molecule has 0 aliphatic heterocycles. The van der Waals surface area contributed by atoms with Crippen LogP contribution < -0.4 is 10.6 Å². The summed E-state index contributed by atoms with van der Waals surface area (Å²) in [6.07, 6.45) is 7.83. The fourth-order valence-corrected chi connectivity index (χ4v) is 2.42. The molecule has 0 aromatic carbocycles. The lowest BCUT2D eigenvalue weighted by Crippen LogP contribution is -2.49. The summed E-state index contributed by atoms with van der Waals surface area (Å²) in [6.45, 7) is 0.570. The molecule has 3 N–H and O–H groups in total. The predicted octanol–water partition coefficient (Wildman–Crippen LogP) is 0.565. The molecular weight excluding hydrogens is 244 g/mol. The van der Waals surface area contributed by atoms with Crippen LogP contribution in [0, 0.1) is 0 Å². The van der Waals surface area contributed by atoms with E-state index in [-0.39, 0.29) is 12.1 Å². The van der Waals surface area contributed by atoms with Crippen molar-refractivity contribution in [2.45, 2.75) is 44.2 Å². The fourth-order valence-electron chi connectivity index (χ4n) is 2.42. The third-order valence-corrected chi connectivity index (χ3v) is 3.50. The van der Waals surface area contributed by atoms with Crippen LogP contribution in [-0.4, -0.2) is 39.6 Å². The minimum absolute atomic E-state index is 0.104. The highest BCUT2D eigenvalue weighted by Crippen LogP contribution is 2.18. The average Bonchev–Trinajstić information content (AvgIpc) is 2.78. The van der Waals surface area contributed by atoms with Crippen molar-refractivity contribution in [3.05, 3.63) is 18.0 Å². The van der Waals surface area contributed by atoms with Crippen molar-refractivity contribution in [3.8, 4) is 0 Å². The number of rotatable bonds is 4. The summed E-state index contributed by atoms with van der Waals surface area (Å²) in [7, 11) is 1.87. The zero-order valence-corrected chi connectivity index (χ0v) is 11.3. The van der Waals surface area contributed by atoms with Gasteiger partial charge in [0.2, 0.25) is 0 Å². The van der Waals surface area contributed by atoms with E-state index in [1.807, 2.05) is 13.2 Å². The normalized spacial score (nSPS) is 23.1. The lowest BCUT2D eigenvalue weighted by molar-refractivity contribution is 0.0943. The molecule has 6 nitrogen and oxygen atoms in total. The van der Waals surface area contributed by atoms with E-state index in [4.69, 9.17) is 0 Å². The Labute approximate surface area is 113 Å². The molecule has 106 valence electrons. The smallest absolute Gasteiger partial charge is 0.315 e. The van der Waals surface area contributed by atoms with Gasteiger partial charge >= 0.3 is 6.03 Å². The maximum absolute atomic E-state index is 11.7. The molecule has 1 aliphatic carbocycles. The molecule has 1 saturated carbocycles. The van der Waals surface area contributed by atoms with E-state index >= 15 is 0 Å². The molecule has 2 atom stereocenters. The molecule has 0 radical (unpaired) electrons. The van der Waals surface area contributed by atoms with E-state index in [0.29, 0.717) is 6.54 Å². The minimum atomic E-state index is -0.405. The average molecular weight is 266 g/mol. The molecule has 0 bridgehead atoms. The van der Waals surface area contributed by atoms with Crippen molar-refractivity contribution >= 4 is 6.03 Å². The van der Waals surface area contributed by atoms with Gasteiger partial charge < -0.3 is 15.7 Å². The van der Waals surface area contributed by atoms with Crippen LogP contribution in [0.25, 0.3) is 0 Å². The van der Waals surface area contributed by atoms with Gasteiger partial charge in [0.05, 0.1) is 18.3 Å². The molecule has 1 aromatic rings. The van der Waals surface area contributed by atoms with Gasteiger partial charge in [-0.1, -0.05) is 12.8 Å². The molecule has 2 rings (SSSR count). The van der Waals surface area contributed by atoms with Gasteiger partial charge in [-0.2, -0.15) is 5.10 Å². The molecule has 1 aliphatic rings. The van der Waals surface area contributed by atoms with Crippen molar-refractivity contribution in [2.75, 3.05) is 6.54 Å². The SMILES string of the molecule is Cn1cc(CCNC(=O)NC2CCCCC2O)cn1. The second-order valence-electron chi connectivity index (χ2n) is 5.13. The largest absolute Gasteiger partial charge is 0.391 e. The van der Waals surface area contributed by atoms with Crippen LogP contribution in [0.3, 0.4) is 0 Å². The van der Waals surface area contributed by atoms with Gasteiger partial charge in [-0.05, 0) is 24.8 Å². The van der Waals surface area contributed by atoms with Crippen LogP contribution in [0.1, 0.15) is 31.2 Å². The van der Waals surface area contributed by atoms with E-state index in [1.165, 1.54) is 0 Å². The maximum atomic E-state index is 11.7. The second kappa shape index (κ2) is 6.56. The number of nitrogens with zero attached hydrogens (tertiary/aromatic N) is 2. The number of hydrogen-bond donors (Lipinski definition) is 3. The van der Waals surface area contributed by atoms with Crippen molar-refractivity contribution in [3.63, 3.8) is 0 Å². The molecule has 19 heavy (non-hydrogen) atoms. The van der Waals surface area contributed by atoms with Gasteiger partial charge in [0.1, 0.15) is 0 Å². The van der Waals surface area contributed by atoms with E-state index in [0.717, 1.165) is 37.7 Å². The van der Waals surface area contributed by atoms with E-state index in [2.05, 4.69) is 15.7 Å². The molecule has 2 amide bonds. The highest BCUT2D eigenvalue weighted by atomic mass is 16.3. The minimum Gasteiger partial charge on any atom is -0.391 e. The quantitative estimate of drug-likeness (QED) is 0.745. The Morgan fingerprint density at radius 3 is 3.00 bits per heavy atom. The van der Waals surface area contributed by atoms with Crippen LogP contribution >= 0.6 is 0 Å². The monoisotopic (exact) mass is 266 g/mol. The Morgan fingerprint density at radius 1 is 1.53 bits per heavy atom. The number of aryl methyl sites for hydroxylation is 1. The molecule has 1 fully saturated rings. The van der Waals surface area contributed by atoms with Crippen LogP contribution in [-0.2, 0) is 13.5 Å². The molecule has 0 saturated heterocycles. The molecule has 1 heterocycles. The van der Waals surface area contributed by atoms with Gasteiger partial charge in [-0.15, -0.1) is 0 Å². The number of carbonyl (C=O) groups is 1. The number of hydrogen-bond acceptors (Lipinski definition) is 3. The Morgan fingerprint density at radius 2 is 2.32 bits per heavy atom. The number of carbonyl (C=O) groups excluding carboxylic acids is 1. The summed E-state index contributed by atoms with van der Waals surface area (Å²) in [4.78, 5) is 11.7. The first kappa shape index (κ1) is 13.9. The lowest BCUT2D eigenvalue weighted by Gasteiger charge is -2.28. The predicted molar refractivity (Wildman–Crippen MR) is 71.7 cm³/mol. The lowest BCUT2D eigenvalue weighted by atomic mass is 9.93. The fraction of sp³-hybridized carbons (Fsp3) is 0.692. The molecule has 6 heteroatoms. The Balaban J connectivity index is 1.66. The van der Waals surface area contributed by atoms with E-state index in [1.54, 1.807) is 10.9 Å².